The highest BCUT2D eigenvalue weighted by atomic mass is 35.5. The molecule has 2 rings (SSSR count). The third kappa shape index (κ3) is 3.60. The molecule has 1 aromatic carbocycles. The average molecular weight is 289 g/mol. The standard InChI is InChI=1S/C13H18ClFN2S/c14-12-2-1-10(15)8-11(12)13(17-16)7-9-3-5-18-6-4-9/h1-2,8-9,13,17H,3-7,16H2. The van der Waals surface area contributed by atoms with Crippen LogP contribution in [0.5, 0.6) is 0 Å². The van der Waals surface area contributed by atoms with Crippen molar-refractivity contribution < 1.29 is 4.39 Å². The van der Waals surface area contributed by atoms with Crippen molar-refractivity contribution in [1.29, 1.82) is 0 Å². The van der Waals surface area contributed by atoms with Crippen LogP contribution in [0.25, 0.3) is 0 Å². The SMILES string of the molecule is NNC(CC1CCSCC1)c1cc(F)ccc1Cl. The first-order chi connectivity index (χ1) is 8.70. The quantitative estimate of drug-likeness (QED) is 0.658. The molecular weight excluding hydrogens is 271 g/mol. The molecule has 3 N–H and O–H groups in total. The molecule has 1 heterocycles. The van der Waals surface area contributed by atoms with Gasteiger partial charge in [-0.05, 0) is 60.4 Å². The summed E-state index contributed by atoms with van der Waals surface area (Å²) in [6, 6.07) is 4.37. The second-order valence-electron chi connectivity index (χ2n) is 4.68. The molecule has 0 saturated carbocycles. The summed E-state index contributed by atoms with van der Waals surface area (Å²) in [7, 11) is 0. The number of hydrogen-bond donors (Lipinski definition) is 2. The highest BCUT2D eigenvalue weighted by molar-refractivity contribution is 7.99. The Kier molecular flexibility index (Phi) is 5.30. The number of hydrogen-bond acceptors (Lipinski definition) is 3. The van der Waals surface area contributed by atoms with Crippen molar-refractivity contribution in [3.05, 3.63) is 34.6 Å². The van der Waals surface area contributed by atoms with Gasteiger partial charge in [-0.1, -0.05) is 11.6 Å². The van der Waals surface area contributed by atoms with Gasteiger partial charge in [0.1, 0.15) is 5.82 Å². The predicted molar refractivity (Wildman–Crippen MR) is 76.1 cm³/mol. The summed E-state index contributed by atoms with van der Waals surface area (Å²) in [4.78, 5) is 0. The van der Waals surface area contributed by atoms with E-state index in [1.54, 1.807) is 6.07 Å². The van der Waals surface area contributed by atoms with Gasteiger partial charge in [-0.25, -0.2) is 4.39 Å². The molecule has 5 heteroatoms. The molecule has 0 bridgehead atoms. The van der Waals surface area contributed by atoms with Crippen molar-refractivity contribution in [3.63, 3.8) is 0 Å². The molecule has 0 radical (unpaired) electrons. The van der Waals surface area contributed by atoms with Gasteiger partial charge in [0.15, 0.2) is 0 Å². The van der Waals surface area contributed by atoms with Crippen LogP contribution in [0.2, 0.25) is 5.02 Å². The molecular formula is C13H18ClFN2S. The van der Waals surface area contributed by atoms with Gasteiger partial charge < -0.3 is 0 Å². The Morgan fingerprint density at radius 3 is 2.83 bits per heavy atom. The Balaban J connectivity index is 2.09. The van der Waals surface area contributed by atoms with E-state index in [0.29, 0.717) is 10.9 Å². The van der Waals surface area contributed by atoms with Crippen LogP contribution in [-0.4, -0.2) is 11.5 Å². The molecule has 1 atom stereocenters. The van der Waals surface area contributed by atoms with Crippen LogP contribution in [0, 0.1) is 11.7 Å². The molecule has 0 spiro atoms. The number of hydrazine groups is 1. The zero-order valence-corrected chi connectivity index (χ0v) is 11.7. The van der Waals surface area contributed by atoms with Gasteiger partial charge in [0, 0.05) is 11.1 Å². The summed E-state index contributed by atoms with van der Waals surface area (Å²) in [6.45, 7) is 0. The molecule has 1 aliphatic rings. The third-order valence-electron chi connectivity index (χ3n) is 3.44. The van der Waals surface area contributed by atoms with E-state index >= 15 is 0 Å². The first-order valence-corrected chi connectivity index (χ1v) is 7.73. The summed E-state index contributed by atoms with van der Waals surface area (Å²) < 4.78 is 13.3. The van der Waals surface area contributed by atoms with Crippen molar-refractivity contribution in [3.8, 4) is 0 Å². The fourth-order valence-electron chi connectivity index (χ4n) is 2.38. The first kappa shape index (κ1) is 14.1. The minimum Gasteiger partial charge on any atom is -0.271 e. The van der Waals surface area contributed by atoms with E-state index < -0.39 is 0 Å². The fourth-order valence-corrected chi connectivity index (χ4v) is 3.84. The predicted octanol–water partition coefficient (Wildman–Crippen LogP) is 3.52. The number of benzene rings is 1. The zero-order chi connectivity index (χ0) is 13.0. The molecule has 1 aromatic rings. The summed E-state index contributed by atoms with van der Waals surface area (Å²) >= 11 is 8.12. The molecule has 2 nitrogen and oxygen atoms in total. The first-order valence-electron chi connectivity index (χ1n) is 6.19. The van der Waals surface area contributed by atoms with Crippen LogP contribution in [0.1, 0.15) is 30.9 Å². The molecule has 1 aliphatic heterocycles. The maximum absolute atomic E-state index is 13.3. The Morgan fingerprint density at radius 2 is 2.17 bits per heavy atom. The third-order valence-corrected chi connectivity index (χ3v) is 4.84. The number of rotatable bonds is 4. The van der Waals surface area contributed by atoms with Gasteiger partial charge in [0.2, 0.25) is 0 Å². The molecule has 1 fully saturated rings. The Bertz CT molecular complexity index is 397. The molecule has 0 aliphatic carbocycles. The van der Waals surface area contributed by atoms with E-state index in [2.05, 4.69) is 5.43 Å². The van der Waals surface area contributed by atoms with Gasteiger partial charge >= 0.3 is 0 Å². The number of nitrogens with two attached hydrogens (primary N) is 1. The van der Waals surface area contributed by atoms with Crippen molar-refractivity contribution in [2.45, 2.75) is 25.3 Å². The average Bonchev–Trinajstić information content (AvgIpc) is 2.40. The van der Waals surface area contributed by atoms with Crippen LogP contribution in [-0.2, 0) is 0 Å². The summed E-state index contributed by atoms with van der Waals surface area (Å²) in [5.74, 6) is 8.39. The highest BCUT2D eigenvalue weighted by Crippen LogP contribution is 2.33. The monoisotopic (exact) mass is 288 g/mol. The summed E-state index contributed by atoms with van der Waals surface area (Å²) in [5.41, 5.74) is 3.54. The summed E-state index contributed by atoms with van der Waals surface area (Å²) in [5, 5.41) is 0.574. The van der Waals surface area contributed by atoms with Crippen LogP contribution in [0.3, 0.4) is 0 Å². The lowest BCUT2D eigenvalue weighted by molar-refractivity contribution is 0.373. The largest absolute Gasteiger partial charge is 0.271 e. The van der Waals surface area contributed by atoms with Crippen LogP contribution in [0.15, 0.2) is 18.2 Å². The van der Waals surface area contributed by atoms with Gasteiger partial charge in [-0.3, -0.25) is 11.3 Å². The van der Waals surface area contributed by atoms with Gasteiger partial charge in [0.05, 0.1) is 0 Å². The second kappa shape index (κ2) is 6.75. The molecule has 1 saturated heterocycles. The normalized spacial score (nSPS) is 18.8. The van der Waals surface area contributed by atoms with Crippen LogP contribution >= 0.6 is 23.4 Å². The lowest BCUT2D eigenvalue weighted by Crippen LogP contribution is -2.30. The van der Waals surface area contributed by atoms with Gasteiger partial charge in [-0.2, -0.15) is 11.8 Å². The Hall–Kier alpha value is -0.290. The van der Waals surface area contributed by atoms with E-state index in [9.17, 15) is 4.39 Å². The molecule has 100 valence electrons. The maximum atomic E-state index is 13.3. The molecule has 0 amide bonds. The highest BCUT2D eigenvalue weighted by Gasteiger charge is 2.21. The maximum Gasteiger partial charge on any atom is 0.123 e. The lowest BCUT2D eigenvalue weighted by Gasteiger charge is -2.26. The minimum absolute atomic E-state index is 0.0682. The van der Waals surface area contributed by atoms with Crippen molar-refractivity contribution in [2.24, 2.45) is 11.8 Å². The molecule has 1 unspecified atom stereocenters. The molecule has 18 heavy (non-hydrogen) atoms. The smallest absolute Gasteiger partial charge is 0.123 e. The Labute approximate surface area is 116 Å². The van der Waals surface area contributed by atoms with Crippen molar-refractivity contribution in [2.75, 3.05) is 11.5 Å². The topological polar surface area (TPSA) is 38.0 Å². The van der Waals surface area contributed by atoms with E-state index in [1.165, 1.54) is 36.5 Å². The number of halogens is 2. The van der Waals surface area contributed by atoms with Gasteiger partial charge in [0.25, 0.3) is 0 Å². The van der Waals surface area contributed by atoms with Crippen molar-refractivity contribution in [1.82, 2.24) is 5.43 Å². The minimum atomic E-state index is -0.270. The summed E-state index contributed by atoms with van der Waals surface area (Å²) in [6.07, 6.45) is 3.33. The van der Waals surface area contributed by atoms with Gasteiger partial charge in [-0.15, -0.1) is 0 Å². The molecule has 0 aromatic heterocycles. The van der Waals surface area contributed by atoms with E-state index in [-0.39, 0.29) is 11.9 Å². The van der Waals surface area contributed by atoms with Crippen LogP contribution in [0.4, 0.5) is 4.39 Å². The van der Waals surface area contributed by atoms with Crippen LogP contribution < -0.4 is 11.3 Å². The zero-order valence-electron chi connectivity index (χ0n) is 10.2. The number of nitrogens with one attached hydrogen (secondary N) is 1. The fraction of sp³-hybridized carbons (Fsp3) is 0.538. The lowest BCUT2D eigenvalue weighted by atomic mass is 9.91. The Morgan fingerprint density at radius 1 is 1.44 bits per heavy atom. The number of thioether (sulfide) groups is 1. The van der Waals surface area contributed by atoms with Crippen molar-refractivity contribution >= 4 is 23.4 Å². The second-order valence-corrected chi connectivity index (χ2v) is 6.31. The van der Waals surface area contributed by atoms with E-state index in [0.717, 1.165) is 12.0 Å². The van der Waals surface area contributed by atoms with E-state index in [1.807, 2.05) is 11.8 Å². The van der Waals surface area contributed by atoms with E-state index in [4.69, 9.17) is 17.4 Å².